The number of benzene rings is 1. The van der Waals surface area contributed by atoms with Crippen LogP contribution >= 0.6 is 0 Å². The van der Waals surface area contributed by atoms with Crippen LogP contribution in [0.4, 0.5) is 13.2 Å². The number of halogens is 3. The quantitative estimate of drug-likeness (QED) is 0.706. The zero-order valence-corrected chi connectivity index (χ0v) is 13.6. The van der Waals surface area contributed by atoms with Crippen molar-refractivity contribution in [2.45, 2.75) is 32.5 Å². The van der Waals surface area contributed by atoms with Crippen LogP contribution in [0, 0.1) is 5.92 Å². The van der Waals surface area contributed by atoms with Crippen LogP contribution in [-0.2, 0) is 11.0 Å². The third-order valence-corrected chi connectivity index (χ3v) is 3.29. The summed E-state index contributed by atoms with van der Waals surface area (Å²) in [5, 5.41) is 4.85. The lowest BCUT2D eigenvalue weighted by Gasteiger charge is -2.19. The van der Waals surface area contributed by atoms with Crippen LogP contribution in [0.3, 0.4) is 0 Å². The van der Waals surface area contributed by atoms with Gasteiger partial charge in [-0.3, -0.25) is 9.59 Å². The van der Waals surface area contributed by atoms with Crippen LogP contribution in [0.25, 0.3) is 0 Å². The van der Waals surface area contributed by atoms with E-state index in [0.717, 1.165) is 12.1 Å². The lowest BCUT2D eigenvalue weighted by molar-refractivity contribution is -0.137. The fourth-order valence-electron chi connectivity index (χ4n) is 2.25. The average molecular weight is 345 g/mol. The molecule has 1 aromatic carbocycles. The Kier molecular flexibility index (Phi) is 7.21. The van der Waals surface area contributed by atoms with Gasteiger partial charge < -0.3 is 16.4 Å². The van der Waals surface area contributed by atoms with E-state index in [1.165, 1.54) is 12.1 Å². The molecule has 1 aromatic rings. The first-order valence-corrected chi connectivity index (χ1v) is 7.59. The van der Waals surface area contributed by atoms with E-state index in [9.17, 15) is 22.8 Å². The van der Waals surface area contributed by atoms with E-state index >= 15 is 0 Å². The number of carbonyl (C=O) groups excluding carboxylic acids is 2. The molecule has 1 atom stereocenters. The Labute approximate surface area is 138 Å². The van der Waals surface area contributed by atoms with Crippen LogP contribution in [0.15, 0.2) is 24.3 Å². The molecule has 0 spiro atoms. The molecule has 0 saturated heterocycles. The predicted octanol–water partition coefficient (Wildman–Crippen LogP) is 1.92. The second-order valence-corrected chi connectivity index (χ2v) is 5.86. The van der Waals surface area contributed by atoms with E-state index in [1.54, 1.807) is 0 Å². The van der Waals surface area contributed by atoms with Crippen LogP contribution in [0.5, 0.6) is 0 Å². The molecule has 8 heteroatoms. The fourth-order valence-corrected chi connectivity index (χ4v) is 2.25. The van der Waals surface area contributed by atoms with Crippen molar-refractivity contribution in [1.29, 1.82) is 0 Å². The second-order valence-electron chi connectivity index (χ2n) is 5.86. The van der Waals surface area contributed by atoms with Crippen LogP contribution in [0.2, 0.25) is 0 Å². The predicted molar refractivity (Wildman–Crippen MR) is 84.2 cm³/mol. The largest absolute Gasteiger partial charge is 0.417 e. The number of hydrogen-bond acceptors (Lipinski definition) is 3. The van der Waals surface area contributed by atoms with Gasteiger partial charge in [-0.05, 0) is 24.5 Å². The van der Waals surface area contributed by atoms with E-state index in [2.05, 4.69) is 10.6 Å². The molecule has 0 fully saturated rings. The molecule has 0 saturated carbocycles. The summed E-state index contributed by atoms with van der Waals surface area (Å²) in [6, 6.07) is 4.18. The SMILES string of the molecule is CC(C)CC(CN)NC(=O)CNC(=O)c1ccccc1C(F)(F)F. The molecule has 2 amide bonds. The second kappa shape index (κ2) is 8.68. The smallest absolute Gasteiger partial charge is 0.351 e. The Morgan fingerprint density at radius 2 is 1.83 bits per heavy atom. The van der Waals surface area contributed by atoms with E-state index in [0.29, 0.717) is 12.3 Å². The van der Waals surface area contributed by atoms with E-state index in [4.69, 9.17) is 5.73 Å². The summed E-state index contributed by atoms with van der Waals surface area (Å²) in [5.74, 6) is -1.12. The van der Waals surface area contributed by atoms with E-state index in [1.807, 2.05) is 13.8 Å². The van der Waals surface area contributed by atoms with Gasteiger partial charge in [0.15, 0.2) is 0 Å². The molecule has 4 N–H and O–H groups in total. The van der Waals surface area contributed by atoms with Crippen molar-refractivity contribution in [3.05, 3.63) is 35.4 Å². The molecule has 5 nitrogen and oxygen atoms in total. The highest BCUT2D eigenvalue weighted by Crippen LogP contribution is 2.31. The van der Waals surface area contributed by atoms with Gasteiger partial charge in [-0.25, -0.2) is 0 Å². The Balaban J connectivity index is 2.65. The number of alkyl halides is 3. The van der Waals surface area contributed by atoms with Crippen molar-refractivity contribution in [3.8, 4) is 0 Å². The highest BCUT2D eigenvalue weighted by Gasteiger charge is 2.34. The van der Waals surface area contributed by atoms with Gasteiger partial charge in [0.05, 0.1) is 17.7 Å². The molecular weight excluding hydrogens is 323 g/mol. The molecule has 1 rings (SSSR count). The number of carbonyl (C=O) groups is 2. The van der Waals surface area contributed by atoms with Gasteiger partial charge in [0, 0.05) is 12.6 Å². The summed E-state index contributed by atoms with van der Waals surface area (Å²) in [7, 11) is 0. The Morgan fingerprint density at radius 1 is 1.21 bits per heavy atom. The topological polar surface area (TPSA) is 84.2 Å². The molecule has 0 aliphatic rings. The minimum atomic E-state index is -4.64. The zero-order chi connectivity index (χ0) is 18.3. The fraction of sp³-hybridized carbons (Fsp3) is 0.500. The van der Waals surface area contributed by atoms with Crippen LogP contribution in [-0.4, -0.2) is 30.9 Å². The highest BCUT2D eigenvalue weighted by atomic mass is 19.4. The maximum atomic E-state index is 12.9. The Bertz CT molecular complexity index is 574. The molecule has 0 aromatic heterocycles. The Hall–Kier alpha value is -2.09. The molecule has 0 heterocycles. The minimum absolute atomic E-state index is 0.239. The zero-order valence-electron chi connectivity index (χ0n) is 13.6. The van der Waals surface area contributed by atoms with Crippen molar-refractivity contribution in [2.24, 2.45) is 11.7 Å². The van der Waals surface area contributed by atoms with E-state index in [-0.39, 0.29) is 12.6 Å². The van der Waals surface area contributed by atoms with Crippen molar-refractivity contribution in [3.63, 3.8) is 0 Å². The van der Waals surface area contributed by atoms with Crippen LogP contribution in [0.1, 0.15) is 36.2 Å². The minimum Gasteiger partial charge on any atom is -0.351 e. The number of nitrogens with one attached hydrogen (secondary N) is 2. The number of hydrogen-bond donors (Lipinski definition) is 3. The standard InChI is InChI=1S/C16H22F3N3O2/c1-10(2)7-11(8-20)22-14(23)9-21-15(24)12-5-3-4-6-13(12)16(17,18)19/h3-6,10-11H,7-9,20H2,1-2H3,(H,21,24)(H,22,23). The molecule has 0 radical (unpaired) electrons. The summed E-state index contributed by atoms with van der Waals surface area (Å²) < 4.78 is 38.6. The lowest BCUT2D eigenvalue weighted by atomic mass is 10.0. The first-order chi connectivity index (χ1) is 11.1. The van der Waals surface area contributed by atoms with Gasteiger partial charge in [0.25, 0.3) is 5.91 Å². The number of nitrogens with two attached hydrogens (primary N) is 1. The highest BCUT2D eigenvalue weighted by molar-refractivity contribution is 5.97. The third-order valence-electron chi connectivity index (χ3n) is 3.29. The third kappa shape index (κ3) is 6.19. The first-order valence-electron chi connectivity index (χ1n) is 7.59. The first kappa shape index (κ1) is 20.0. The molecule has 134 valence electrons. The summed E-state index contributed by atoms with van der Waals surface area (Å²) in [6.07, 6.45) is -3.97. The van der Waals surface area contributed by atoms with Crippen molar-refractivity contribution in [2.75, 3.05) is 13.1 Å². The van der Waals surface area contributed by atoms with Gasteiger partial charge in [0.2, 0.25) is 5.91 Å². The number of rotatable bonds is 7. The van der Waals surface area contributed by atoms with Crippen molar-refractivity contribution >= 4 is 11.8 Å². The normalized spacial score (nSPS) is 12.8. The molecule has 24 heavy (non-hydrogen) atoms. The summed E-state index contributed by atoms with van der Waals surface area (Å²) in [4.78, 5) is 23.7. The number of amides is 2. The van der Waals surface area contributed by atoms with Crippen molar-refractivity contribution < 1.29 is 22.8 Å². The maximum Gasteiger partial charge on any atom is 0.417 e. The summed E-state index contributed by atoms with van der Waals surface area (Å²) in [5.41, 5.74) is 4.00. The maximum absolute atomic E-state index is 12.9. The van der Waals surface area contributed by atoms with Crippen molar-refractivity contribution in [1.82, 2.24) is 10.6 Å². The van der Waals surface area contributed by atoms with Gasteiger partial charge in [-0.15, -0.1) is 0 Å². The average Bonchev–Trinajstić information content (AvgIpc) is 2.50. The molecule has 0 aliphatic heterocycles. The Morgan fingerprint density at radius 3 is 2.38 bits per heavy atom. The van der Waals surface area contributed by atoms with Gasteiger partial charge in [-0.2, -0.15) is 13.2 Å². The lowest BCUT2D eigenvalue weighted by Crippen LogP contribution is -2.45. The van der Waals surface area contributed by atoms with E-state index < -0.39 is 35.7 Å². The van der Waals surface area contributed by atoms with Gasteiger partial charge >= 0.3 is 6.18 Å². The monoisotopic (exact) mass is 345 g/mol. The summed E-state index contributed by atoms with van der Waals surface area (Å²) >= 11 is 0. The van der Waals surface area contributed by atoms with Crippen LogP contribution < -0.4 is 16.4 Å². The molecule has 0 bridgehead atoms. The molecular formula is C16H22F3N3O2. The molecule has 0 aliphatic carbocycles. The van der Waals surface area contributed by atoms with Gasteiger partial charge in [0.1, 0.15) is 0 Å². The summed E-state index contributed by atoms with van der Waals surface area (Å²) in [6.45, 7) is 3.78. The van der Waals surface area contributed by atoms with Gasteiger partial charge in [-0.1, -0.05) is 26.0 Å². The molecule has 1 unspecified atom stereocenters.